The first-order valence-corrected chi connectivity index (χ1v) is 9.32. The van der Waals surface area contributed by atoms with Crippen LogP contribution >= 0.6 is 0 Å². The van der Waals surface area contributed by atoms with E-state index in [2.05, 4.69) is 5.32 Å². The van der Waals surface area contributed by atoms with Crippen LogP contribution < -0.4 is 14.8 Å². The van der Waals surface area contributed by atoms with Gasteiger partial charge in [0.05, 0.1) is 25.3 Å². The molecule has 2 aromatic carbocycles. The highest BCUT2D eigenvalue weighted by Crippen LogP contribution is 2.28. The number of carbonyl (C=O) groups is 2. The zero-order chi connectivity index (χ0) is 20.5. The van der Waals surface area contributed by atoms with Gasteiger partial charge in [-0.05, 0) is 44.0 Å². The molecule has 150 valence electrons. The van der Waals surface area contributed by atoms with Gasteiger partial charge in [-0.1, -0.05) is 36.8 Å². The Morgan fingerprint density at radius 3 is 2.36 bits per heavy atom. The topological polar surface area (TPSA) is 73.9 Å². The van der Waals surface area contributed by atoms with Crippen molar-refractivity contribution in [3.8, 4) is 11.5 Å². The molecule has 1 amide bonds. The molecule has 6 nitrogen and oxygen atoms in total. The molecule has 0 aliphatic rings. The van der Waals surface area contributed by atoms with Gasteiger partial charge >= 0.3 is 5.97 Å². The fraction of sp³-hybridized carbons (Fsp3) is 0.364. The number of rotatable bonds is 9. The second-order valence-corrected chi connectivity index (χ2v) is 6.31. The predicted octanol–water partition coefficient (Wildman–Crippen LogP) is 3.83. The van der Waals surface area contributed by atoms with Gasteiger partial charge in [0.25, 0.3) is 5.91 Å². The molecule has 0 unspecified atom stereocenters. The first-order chi connectivity index (χ1) is 13.5. The fourth-order valence-electron chi connectivity index (χ4n) is 2.74. The van der Waals surface area contributed by atoms with E-state index in [9.17, 15) is 9.59 Å². The van der Waals surface area contributed by atoms with Crippen molar-refractivity contribution in [3.63, 3.8) is 0 Å². The van der Waals surface area contributed by atoms with Crippen molar-refractivity contribution in [2.24, 2.45) is 0 Å². The Bertz CT molecular complexity index is 801. The maximum Gasteiger partial charge on any atom is 0.338 e. The molecule has 2 rings (SSSR count). The Morgan fingerprint density at radius 1 is 1.04 bits per heavy atom. The summed E-state index contributed by atoms with van der Waals surface area (Å²) in [6.45, 7) is 5.93. The standard InChI is InChI=1S/C22H27NO5/c1-5-18(16-9-7-15(3)8-10-16)23-21(24)14-28-22(25)17-11-12-19(26-4)20(13-17)27-6-2/h7-13,18H,5-6,14H2,1-4H3,(H,23,24)/t18-/m1/s1. The SMILES string of the molecule is CCOc1cc(C(=O)OCC(=O)N[C@H](CC)c2ccc(C)cc2)ccc1OC. The van der Waals surface area contributed by atoms with E-state index in [0.717, 1.165) is 17.5 Å². The van der Waals surface area contributed by atoms with E-state index >= 15 is 0 Å². The van der Waals surface area contributed by atoms with Crippen LogP contribution in [0.2, 0.25) is 0 Å². The van der Waals surface area contributed by atoms with Crippen molar-refractivity contribution in [1.82, 2.24) is 5.32 Å². The molecule has 0 aromatic heterocycles. The number of carbonyl (C=O) groups excluding carboxylic acids is 2. The summed E-state index contributed by atoms with van der Waals surface area (Å²) in [7, 11) is 1.53. The summed E-state index contributed by atoms with van der Waals surface area (Å²) in [5, 5.41) is 2.90. The molecular formula is C22H27NO5. The smallest absolute Gasteiger partial charge is 0.338 e. The number of esters is 1. The minimum Gasteiger partial charge on any atom is -0.493 e. The van der Waals surface area contributed by atoms with Crippen LogP contribution in [0.25, 0.3) is 0 Å². The number of benzene rings is 2. The van der Waals surface area contributed by atoms with E-state index in [-0.39, 0.29) is 18.6 Å². The highest BCUT2D eigenvalue weighted by molar-refractivity contribution is 5.92. The minimum atomic E-state index is -0.595. The largest absolute Gasteiger partial charge is 0.493 e. The zero-order valence-corrected chi connectivity index (χ0v) is 16.8. The molecule has 0 saturated heterocycles. The van der Waals surface area contributed by atoms with Crippen LogP contribution in [0.4, 0.5) is 0 Å². The van der Waals surface area contributed by atoms with Gasteiger partial charge in [-0.2, -0.15) is 0 Å². The van der Waals surface area contributed by atoms with E-state index < -0.39 is 5.97 Å². The molecule has 6 heteroatoms. The average Bonchev–Trinajstić information content (AvgIpc) is 2.71. The quantitative estimate of drug-likeness (QED) is 0.664. The van der Waals surface area contributed by atoms with E-state index in [4.69, 9.17) is 14.2 Å². The molecule has 0 radical (unpaired) electrons. The van der Waals surface area contributed by atoms with Gasteiger partial charge in [0.15, 0.2) is 18.1 Å². The van der Waals surface area contributed by atoms with E-state index in [0.29, 0.717) is 23.7 Å². The fourth-order valence-corrected chi connectivity index (χ4v) is 2.74. The van der Waals surface area contributed by atoms with Crippen molar-refractivity contribution in [3.05, 3.63) is 59.2 Å². The molecule has 28 heavy (non-hydrogen) atoms. The number of amides is 1. The lowest BCUT2D eigenvalue weighted by molar-refractivity contribution is -0.125. The summed E-state index contributed by atoms with van der Waals surface area (Å²) < 4.78 is 15.8. The van der Waals surface area contributed by atoms with Crippen LogP contribution in [0.3, 0.4) is 0 Å². The first-order valence-electron chi connectivity index (χ1n) is 9.32. The average molecular weight is 385 g/mol. The molecule has 1 atom stereocenters. The highest BCUT2D eigenvalue weighted by Gasteiger charge is 2.16. The normalized spacial score (nSPS) is 11.4. The van der Waals surface area contributed by atoms with Crippen LogP contribution in [-0.4, -0.2) is 32.2 Å². The molecule has 0 aliphatic carbocycles. The molecule has 2 aromatic rings. The lowest BCUT2D eigenvalue weighted by Gasteiger charge is -2.18. The van der Waals surface area contributed by atoms with Crippen molar-refractivity contribution in [2.45, 2.75) is 33.2 Å². The maximum atomic E-state index is 12.3. The Kier molecular flexibility index (Phi) is 7.87. The number of aryl methyl sites for hydroxylation is 1. The zero-order valence-electron chi connectivity index (χ0n) is 16.8. The summed E-state index contributed by atoms with van der Waals surface area (Å²) in [5.41, 5.74) is 2.47. The van der Waals surface area contributed by atoms with Crippen LogP contribution in [0.15, 0.2) is 42.5 Å². The van der Waals surface area contributed by atoms with Crippen molar-refractivity contribution in [1.29, 1.82) is 0 Å². The molecule has 0 saturated carbocycles. The summed E-state index contributed by atoms with van der Waals surface area (Å²) in [4.78, 5) is 24.5. The van der Waals surface area contributed by atoms with Gasteiger partial charge < -0.3 is 19.5 Å². The number of nitrogens with one attached hydrogen (secondary N) is 1. The van der Waals surface area contributed by atoms with Crippen molar-refractivity contribution in [2.75, 3.05) is 20.3 Å². The first kappa shape index (κ1) is 21.3. The summed E-state index contributed by atoms with van der Waals surface area (Å²) >= 11 is 0. The third-order valence-corrected chi connectivity index (χ3v) is 4.26. The van der Waals surface area contributed by atoms with Crippen LogP contribution in [0, 0.1) is 6.92 Å². The molecular weight excluding hydrogens is 358 g/mol. The molecule has 0 fully saturated rings. The number of methoxy groups -OCH3 is 1. The summed E-state index contributed by atoms with van der Waals surface area (Å²) in [5.74, 6) is 0.0378. The van der Waals surface area contributed by atoms with Crippen LogP contribution in [0.5, 0.6) is 11.5 Å². The Labute approximate surface area is 165 Å². The van der Waals surface area contributed by atoms with E-state index in [1.807, 2.05) is 45.0 Å². The number of ether oxygens (including phenoxy) is 3. The maximum absolute atomic E-state index is 12.3. The Morgan fingerprint density at radius 2 is 1.75 bits per heavy atom. The molecule has 0 bridgehead atoms. The highest BCUT2D eigenvalue weighted by atomic mass is 16.5. The second kappa shape index (κ2) is 10.3. The van der Waals surface area contributed by atoms with Gasteiger partial charge in [-0.15, -0.1) is 0 Å². The third kappa shape index (κ3) is 5.74. The summed E-state index contributed by atoms with van der Waals surface area (Å²) in [6.07, 6.45) is 0.735. The van der Waals surface area contributed by atoms with E-state index in [1.165, 1.54) is 7.11 Å². The van der Waals surface area contributed by atoms with Crippen molar-refractivity contribution < 1.29 is 23.8 Å². The summed E-state index contributed by atoms with van der Waals surface area (Å²) in [6, 6.07) is 12.6. The van der Waals surface area contributed by atoms with E-state index in [1.54, 1.807) is 18.2 Å². The van der Waals surface area contributed by atoms with Gasteiger partial charge in [-0.25, -0.2) is 4.79 Å². The second-order valence-electron chi connectivity index (χ2n) is 6.31. The van der Waals surface area contributed by atoms with Crippen LogP contribution in [-0.2, 0) is 9.53 Å². The molecule has 0 spiro atoms. The Balaban J connectivity index is 1.95. The lowest BCUT2D eigenvalue weighted by atomic mass is 10.0. The minimum absolute atomic E-state index is 0.127. The molecule has 0 aliphatic heterocycles. The van der Waals surface area contributed by atoms with Gasteiger partial charge in [0, 0.05) is 0 Å². The number of hydrogen-bond donors (Lipinski definition) is 1. The molecule has 0 heterocycles. The monoisotopic (exact) mass is 385 g/mol. The van der Waals surface area contributed by atoms with Gasteiger partial charge in [0.1, 0.15) is 0 Å². The predicted molar refractivity (Wildman–Crippen MR) is 107 cm³/mol. The van der Waals surface area contributed by atoms with Crippen molar-refractivity contribution >= 4 is 11.9 Å². The number of hydrogen-bond acceptors (Lipinski definition) is 5. The Hall–Kier alpha value is -3.02. The van der Waals surface area contributed by atoms with Gasteiger partial charge in [0.2, 0.25) is 0 Å². The third-order valence-electron chi connectivity index (χ3n) is 4.26. The molecule has 1 N–H and O–H groups in total. The van der Waals surface area contributed by atoms with Gasteiger partial charge in [-0.3, -0.25) is 4.79 Å². The lowest BCUT2D eigenvalue weighted by Crippen LogP contribution is -2.32. The van der Waals surface area contributed by atoms with Crippen LogP contribution in [0.1, 0.15) is 47.8 Å².